The van der Waals surface area contributed by atoms with E-state index in [1.807, 2.05) is 75.4 Å². The summed E-state index contributed by atoms with van der Waals surface area (Å²) in [5.74, 6) is -0.177. The van der Waals surface area contributed by atoms with Gasteiger partial charge in [0.15, 0.2) is 0 Å². The lowest BCUT2D eigenvalue weighted by molar-refractivity contribution is -0.118. The molecule has 1 amide bonds. The summed E-state index contributed by atoms with van der Waals surface area (Å²) in [6.07, 6.45) is 0.363. The van der Waals surface area contributed by atoms with Gasteiger partial charge in [-0.25, -0.2) is 4.79 Å². The number of amides is 1. The van der Waals surface area contributed by atoms with Crippen LogP contribution in [0.4, 0.5) is 5.69 Å². The van der Waals surface area contributed by atoms with Crippen LogP contribution in [0.3, 0.4) is 0 Å². The molecular weight excluding hydrogens is 430 g/mol. The molecule has 0 bridgehead atoms. The minimum atomic E-state index is -1.05. The fourth-order valence-electron chi connectivity index (χ4n) is 3.73. The standard InChI is InChI=1S/C28H31NO5/c1-5-26(30)29(23-12-7-6-8-13-23)17-21-10-9-11-22(15-21)18-33-25-16-24(34-19(2)3)14-20(4)27(25)28(31)32/h6-16,19H,5,17-18H2,1-4H3,(H,31,32). The second kappa shape index (κ2) is 11.4. The third-order valence-electron chi connectivity index (χ3n) is 5.26. The number of rotatable bonds is 10. The molecule has 0 heterocycles. The Balaban J connectivity index is 1.81. The first kappa shape index (κ1) is 24.8. The lowest BCUT2D eigenvalue weighted by atomic mass is 10.1. The zero-order valence-electron chi connectivity index (χ0n) is 20.1. The number of para-hydroxylation sites is 1. The van der Waals surface area contributed by atoms with Crippen LogP contribution in [-0.2, 0) is 17.9 Å². The van der Waals surface area contributed by atoms with E-state index in [-0.39, 0.29) is 29.9 Å². The molecule has 0 fully saturated rings. The van der Waals surface area contributed by atoms with Crippen molar-refractivity contribution in [1.29, 1.82) is 0 Å². The van der Waals surface area contributed by atoms with E-state index in [0.717, 1.165) is 16.8 Å². The van der Waals surface area contributed by atoms with Gasteiger partial charge in [0.05, 0.1) is 12.6 Å². The maximum absolute atomic E-state index is 12.6. The summed E-state index contributed by atoms with van der Waals surface area (Å²) in [7, 11) is 0. The highest BCUT2D eigenvalue weighted by Gasteiger charge is 2.18. The zero-order chi connectivity index (χ0) is 24.7. The summed E-state index contributed by atoms with van der Waals surface area (Å²) < 4.78 is 11.7. The van der Waals surface area contributed by atoms with Crippen molar-refractivity contribution in [2.45, 2.75) is 53.4 Å². The van der Waals surface area contributed by atoms with Gasteiger partial charge >= 0.3 is 5.97 Å². The molecule has 0 aliphatic heterocycles. The van der Waals surface area contributed by atoms with Gasteiger partial charge in [-0.05, 0) is 55.7 Å². The number of anilines is 1. The van der Waals surface area contributed by atoms with Crippen molar-refractivity contribution in [2.75, 3.05) is 4.90 Å². The van der Waals surface area contributed by atoms with Gasteiger partial charge in [0, 0.05) is 18.2 Å². The van der Waals surface area contributed by atoms with Crippen LogP contribution in [-0.4, -0.2) is 23.1 Å². The third-order valence-corrected chi connectivity index (χ3v) is 5.26. The molecule has 0 saturated heterocycles. The molecule has 0 radical (unpaired) electrons. The molecule has 0 aromatic heterocycles. The zero-order valence-corrected chi connectivity index (χ0v) is 20.1. The number of carboxylic acids is 1. The third kappa shape index (κ3) is 6.38. The van der Waals surface area contributed by atoms with Crippen LogP contribution in [0.2, 0.25) is 0 Å². The van der Waals surface area contributed by atoms with E-state index in [1.165, 1.54) is 0 Å². The molecule has 0 spiro atoms. The Hall–Kier alpha value is -3.80. The van der Waals surface area contributed by atoms with Crippen LogP contribution in [0, 0.1) is 6.92 Å². The quantitative estimate of drug-likeness (QED) is 0.401. The molecule has 6 nitrogen and oxygen atoms in total. The van der Waals surface area contributed by atoms with Gasteiger partial charge in [0.1, 0.15) is 23.7 Å². The van der Waals surface area contributed by atoms with Crippen molar-refractivity contribution in [2.24, 2.45) is 0 Å². The minimum absolute atomic E-state index is 0.0383. The van der Waals surface area contributed by atoms with Crippen molar-refractivity contribution in [3.63, 3.8) is 0 Å². The Morgan fingerprint density at radius 3 is 2.32 bits per heavy atom. The molecule has 3 rings (SSSR count). The monoisotopic (exact) mass is 461 g/mol. The highest BCUT2D eigenvalue weighted by molar-refractivity contribution is 5.93. The van der Waals surface area contributed by atoms with Crippen LogP contribution in [0.1, 0.15) is 54.2 Å². The van der Waals surface area contributed by atoms with E-state index < -0.39 is 5.97 Å². The Bertz CT molecular complexity index is 1140. The lowest BCUT2D eigenvalue weighted by Gasteiger charge is -2.23. The van der Waals surface area contributed by atoms with Crippen molar-refractivity contribution < 1.29 is 24.2 Å². The van der Waals surface area contributed by atoms with Crippen molar-refractivity contribution in [3.8, 4) is 11.5 Å². The summed E-state index contributed by atoms with van der Waals surface area (Å²) in [4.78, 5) is 26.2. The first-order valence-corrected chi connectivity index (χ1v) is 11.4. The van der Waals surface area contributed by atoms with E-state index in [2.05, 4.69) is 0 Å². The average molecular weight is 462 g/mol. The highest BCUT2D eigenvalue weighted by atomic mass is 16.5. The number of carboxylic acid groups (broad SMARTS) is 1. The number of benzene rings is 3. The number of carbonyl (C=O) groups is 2. The number of carbonyl (C=O) groups excluding carboxylic acids is 1. The average Bonchev–Trinajstić information content (AvgIpc) is 2.80. The molecule has 6 heteroatoms. The number of ether oxygens (including phenoxy) is 2. The molecule has 0 aliphatic rings. The fourth-order valence-corrected chi connectivity index (χ4v) is 3.73. The fraction of sp³-hybridized carbons (Fsp3) is 0.286. The van der Waals surface area contributed by atoms with Gasteiger partial charge in [-0.2, -0.15) is 0 Å². The Morgan fingerprint density at radius 1 is 0.971 bits per heavy atom. The Labute approximate surface area is 200 Å². The molecule has 3 aromatic rings. The lowest BCUT2D eigenvalue weighted by Crippen LogP contribution is -2.29. The summed E-state index contributed by atoms with van der Waals surface area (Å²) in [6.45, 7) is 8.02. The topological polar surface area (TPSA) is 76.1 Å². The number of aryl methyl sites for hydroxylation is 1. The first-order valence-electron chi connectivity index (χ1n) is 11.4. The number of nitrogens with zero attached hydrogens (tertiary/aromatic N) is 1. The van der Waals surface area contributed by atoms with Crippen LogP contribution < -0.4 is 14.4 Å². The van der Waals surface area contributed by atoms with Crippen molar-refractivity contribution >= 4 is 17.6 Å². The smallest absolute Gasteiger partial charge is 0.339 e. The molecule has 0 aliphatic carbocycles. The predicted molar refractivity (Wildman–Crippen MR) is 133 cm³/mol. The second-order valence-electron chi connectivity index (χ2n) is 8.36. The largest absolute Gasteiger partial charge is 0.491 e. The van der Waals surface area contributed by atoms with Crippen molar-refractivity contribution in [1.82, 2.24) is 0 Å². The van der Waals surface area contributed by atoms with Gasteiger partial charge in [0.2, 0.25) is 5.91 Å². The minimum Gasteiger partial charge on any atom is -0.491 e. The Morgan fingerprint density at radius 2 is 1.68 bits per heavy atom. The van der Waals surface area contributed by atoms with Crippen LogP contribution in [0.5, 0.6) is 11.5 Å². The number of aromatic carboxylic acids is 1. The second-order valence-corrected chi connectivity index (χ2v) is 8.36. The molecule has 0 unspecified atom stereocenters. The Kier molecular flexibility index (Phi) is 8.30. The van der Waals surface area contributed by atoms with E-state index in [1.54, 1.807) is 24.0 Å². The van der Waals surface area contributed by atoms with Gasteiger partial charge in [-0.1, -0.05) is 49.4 Å². The molecule has 3 aromatic carbocycles. The summed E-state index contributed by atoms with van der Waals surface area (Å²) in [5.41, 5.74) is 3.37. The van der Waals surface area contributed by atoms with Crippen LogP contribution in [0.25, 0.3) is 0 Å². The van der Waals surface area contributed by atoms with E-state index in [4.69, 9.17) is 9.47 Å². The maximum atomic E-state index is 12.6. The highest BCUT2D eigenvalue weighted by Crippen LogP contribution is 2.30. The van der Waals surface area contributed by atoms with Gasteiger partial charge in [0.25, 0.3) is 0 Å². The first-order chi connectivity index (χ1) is 16.3. The molecule has 34 heavy (non-hydrogen) atoms. The van der Waals surface area contributed by atoms with E-state index in [0.29, 0.717) is 24.3 Å². The van der Waals surface area contributed by atoms with E-state index in [9.17, 15) is 14.7 Å². The van der Waals surface area contributed by atoms with Gasteiger partial charge in [-0.15, -0.1) is 0 Å². The van der Waals surface area contributed by atoms with E-state index >= 15 is 0 Å². The number of hydrogen-bond acceptors (Lipinski definition) is 4. The number of hydrogen-bond donors (Lipinski definition) is 1. The summed E-state index contributed by atoms with van der Waals surface area (Å²) in [6, 6.07) is 20.7. The van der Waals surface area contributed by atoms with Crippen LogP contribution >= 0.6 is 0 Å². The molecule has 178 valence electrons. The molecule has 0 saturated carbocycles. The van der Waals surface area contributed by atoms with Gasteiger partial charge in [-0.3, -0.25) is 4.79 Å². The summed E-state index contributed by atoms with van der Waals surface area (Å²) >= 11 is 0. The maximum Gasteiger partial charge on any atom is 0.339 e. The SMILES string of the molecule is CCC(=O)N(Cc1cccc(COc2cc(OC(C)C)cc(C)c2C(=O)O)c1)c1ccccc1. The van der Waals surface area contributed by atoms with Crippen LogP contribution in [0.15, 0.2) is 66.7 Å². The molecule has 1 N–H and O–H groups in total. The predicted octanol–water partition coefficient (Wildman–Crippen LogP) is 6.00. The molecular formula is C28H31NO5. The summed E-state index contributed by atoms with van der Waals surface area (Å²) in [5, 5.41) is 9.69. The normalized spacial score (nSPS) is 10.7. The van der Waals surface area contributed by atoms with Crippen molar-refractivity contribution in [3.05, 3.63) is 89.0 Å². The molecule has 0 atom stereocenters. The van der Waals surface area contributed by atoms with Gasteiger partial charge < -0.3 is 19.5 Å².